The predicted octanol–water partition coefficient (Wildman–Crippen LogP) is 1.64. The smallest absolute Gasteiger partial charge is 0.0798 e. The van der Waals surface area contributed by atoms with Crippen LogP contribution in [-0.2, 0) is 6.54 Å². The standard InChI is InChI=1S/C11H19N3S/c1-3-4-14(10-5-12-6-10)7-11-9(2)13-8-15-11/h8,10,12H,3-7H2,1-2H3. The molecule has 1 saturated heterocycles. The van der Waals surface area contributed by atoms with Crippen molar-refractivity contribution < 1.29 is 0 Å². The quantitative estimate of drug-likeness (QED) is 0.825. The average Bonchev–Trinajstić information content (AvgIpc) is 2.49. The number of nitrogens with zero attached hydrogens (tertiary/aromatic N) is 2. The summed E-state index contributed by atoms with van der Waals surface area (Å²) in [6.45, 7) is 8.93. The number of aryl methyl sites for hydroxylation is 1. The molecule has 0 bridgehead atoms. The normalized spacial score (nSPS) is 17.0. The van der Waals surface area contributed by atoms with E-state index in [0.29, 0.717) is 0 Å². The van der Waals surface area contributed by atoms with Gasteiger partial charge in [0.25, 0.3) is 0 Å². The number of nitrogens with one attached hydrogen (secondary N) is 1. The topological polar surface area (TPSA) is 28.2 Å². The fourth-order valence-electron chi connectivity index (χ4n) is 1.87. The summed E-state index contributed by atoms with van der Waals surface area (Å²) in [5.41, 5.74) is 3.15. The molecule has 1 aromatic rings. The summed E-state index contributed by atoms with van der Waals surface area (Å²) in [6.07, 6.45) is 1.23. The summed E-state index contributed by atoms with van der Waals surface area (Å²) < 4.78 is 0. The summed E-state index contributed by atoms with van der Waals surface area (Å²) in [5.74, 6) is 0. The molecule has 0 spiro atoms. The average molecular weight is 225 g/mol. The molecular formula is C11H19N3S. The molecule has 1 N–H and O–H groups in total. The van der Waals surface area contributed by atoms with E-state index in [9.17, 15) is 0 Å². The van der Waals surface area contributed by atoms with Crippen molar-refractivity contribution in [2.75, 3.05) is 19.6 Å². The van der Waals surface area contributed by atoms with Crippen LogP contribution in [0.2, 0.25) is 0 Å². The zero-order valence-electron chi connectivity index (χ0n) is 9.49. The molecule has 1 fully saturated rings. The summed E-state index contributed by atoms with van der Waals surface area (Å²) >= 11 is 1.78. The van der Waals surface area contributed by atoms with Crippen molar-refractivity contribution in [1.29, 1.82) is 0 Å². The molecule has 1 aromatic heterocycles. The number of hydrogen-bond donors (Lipinski definition) is 1. The molecule has 84 valence electrons. The van der Waals surface area contributed by atoms with Crippen LogP contribution in [0, 0.1) is 6.92 Å². The minimum atomic E-state index is 0.742. The Morgan fingerprint density at radius 3 is 2.87 bits per heavy atom. The number of thiazole rings is 1. The van der Waals surface area contributed by atoms with Crippen molar-refractivity contribution in [3.05, 3.63) is 16.1 Å². The maximum atomic E-state index is 4.31. The van der Waals surface area contributed by atoms with Gasteiger partial charge in [0.1, 0.15) is 0 Å². The van der Waals surface area contributed by atoms with Gasteiger partial charge in [-0.25, -0.2) is 4.98 Å². The van der Waals surface area contributed by atoms with Crippen molar-refractivity contribution in [1.82, 2.24) is 15.2 Å². The van der Waals surface area contributed by atoms with Gasteiger partial charge in [-0.2, -0.15) is 0 Å². The van der Waals surface area contributed by atoms with Crippen LogP contribution in [0.1, 0.15) is 23.9 Å². The van der Waals surface area contributed by atoms with E-state index in [1.165, 1.54) is 23.5 Å². The van der Waals surface area contributed by atoms with E-state index >= 15 is 0 Å². The Bertz CT molecular complexity index is 307. The lowest BCUT2D eigenvalue weighted by atomic mass is 10.1. The van der Waals surface area contributed by atoms with Gasteiger partial charge in [-0.3, -0.25) is 4.90 Å². The molecule has 0 radical (unpaired) electrons. The highest BCUT2D eigenvalue weighted by Crippen LogP contribution is 2.18. The Hall–Kier alpha value is -0.450. The molecule has 3 nitrogen and oxygen atoms in total. The third-order valence-corrected chi connectivity index (χ3v) is 3.90. The van der Waals surface area contributed by atoms with Crippen molar-refractivity contribution in [2.45, 2.75) is 32.9 Å². The fourth-order valence-corrected chi connectivity index (χ4v) is 2.67. The number of hydrogen-bond acceptors (Lipinski definition) is 4. The molecule has 15 heavy (non-hydrogen) atoms. The largest absolute Gasteiger partial charge is 0.314 e. The molecule has 0 amide bonds. The van der Waals surface area contributed by atoms with Gasteiger partial charge in [0, 0.05) is 30.6 Å². The Morgan fingerprint density at radius 1 is 1.60 bits per heavy atom. The summed E-state index contributed by atoms with van der Waals surface area (Å²) in [7, 11) is 0. The molecular weight excluding hydrogens is 206 g/mol. The van der Waals surface area contributed by atoms with Crippen molar-refractivity contribution in [3.8, 4) is 0 Å². The molecule has 0 aromatic carbocycles. The van der Waals surface area contributed by atoms with Crippen LogP contribution in [0.25, 0.3) is 0 Å². The second-order valence-electron chi connectivity index (χ2n) is 4.14. The molecule has 1 aliphatic heterocycles. The molecule has 2 heterocycles. The van der Waals surface area contributed by atoms with Crippen LogP contribution in [-0.4, -0.2) is 35.6 Å². The van der Waals surface area contributed by atoms with E-state index in [-0.39, 0.29) is 0 Å². The van der Waals surface area contributed by atoms with Gasteiger partial charge >= 0.3 is 0 Å². The molecule has 1 aliphatic rings. The van der Waals surface area contributed by atoms with Crippen LogP contribution in [0.3, 0.4) is 0 Å². The zero-order valence-corrected chi connectivity index (χ0v) is 10.3. The lowest BCUT2D eigenvalue weighted by Crippen LogP contribution is -2.56. The minimum absolute atomic E-state index is 0.742. The van der Waals surface area contributed by atoms with Crippen molar-refractivity contribution in [3.63, 3.8) is 0 Å². The van der Waals surface area contributed by atoms with Gasteiger partial charge in [0.2, 0.25) is 0 Å². The first kappa shape index (κ1) is 11.0. The maximum Gasteiger partial charge on any atom is 0.0798 e. The number of aromatic nitrogens is 1. The summed E-state index contributed by atoms with van der Waals surface area (Å²) in [4.78, 5) is 8.32. The SMILES string of the molecule is CCCN(Cc1scnc1C)C1CNC1. The van der Waals surface area contributed by atoms with Gasteiger partial charge in [-0.1, -0.05) is 6.92 Å². The van der Waals surface area contributed by atoms with E-state index in [1.54, 1.807) is 11.3 Å². The first-order valence-electron chi connectivity index (χ1n) is 5.65. The Morgan fingerprint density at radius 2 is 2.40 bits per heavy atom. The minimum Gasteiger partial charge on any atom is -0.314 e. The Kier molecular flexibility index (Phi) is 3.72. The fraction of sp³-hybridized carbons (Fsp3) is 0.727. The summed E-state index contributed by atoms with van der Waals surface area (Å²) in [5, 5.41) is 3.34. The third-order valence-electron chi connectivity index (χ3n) is 2.98. The Balaban J connectivity index is 1.96. The van der Waals surface area contributed by atoms with E-state index in [0.717, 1.165) is 25.7 Å². The second-order valence-corrected chi connectivity index (χ2v) is 5.08. The lowest BCUT2D eigenvalue weighted by molar-refractivity contribution is 0.139. The van der Waals surface area contributed by atoms with Crippen LogP contribution in [0.15, 0.2) is 5.51 Å². The van der Waals surface area contributed by atoms with Crippen LogP contribution < -0.4 is 5.32 Å². The van der Waals surface area contributed by atoms with Gasteiger partial charge in [0.15, 0.2) is 0 Å². The number of rotatable bonds is 5. The van der Waals surface area contributed by atoms with Gasteiger partial charge in [-0.05, 0) is 19.9 Å². The van der Waals surface area contributed by atoms with E-state index < -0.39 is 0 Å². The lowest BCUT2D eigenvalue weighted by Gasteiger charge is -2.38. The highest BCUT2D eigenvalue weighted by Gasteiger charge is 2.24. The van der Waals surface area contributed by atoms with E-state index in [4.69, 9.17) is 0 Å². The Labute approximate surface area is 95.5 Å². The molecule has 0 saturated carbocycles. The molecule has 4 heteroatoms. The van der Waals surface area contributed by atoms with Gasteiger partial charge in [-0.15, -0.1) is 11.3 Å². The molecule has 0 unspecified atom stereocenters. The second kappa shape index (κ2) is 5.05. The maximum absolute atomic E-state index is 4.31. The van der Waals surface area contributed by atoms with Crippen LogP contribution in [0.4, 0.5) is 0 Å². The zero-order chi connectivity index (χ0) is 10.7. The molecule has 2 rings (SSSR count). The monoisotopic (exact) mass is 225 g/mol. The van der Waals surface area contributed by atoms with Gasteiger partial charge < -0.3 is 5.32 Å². The van der Waals surface area contributed by atoms with Crippen molar-refractivity contribution in [2.24, 2.45) is 0 Å². The molecule has 0 atom stereocenters. The highest BCUT2D eigenvalue weighted by atomic mass is 32.1. The predicted molar refractivity (Wildman–Crippen MR) is 64.2 cm³/mol. The molecule has 0 aliphatic carbocycles. The van der Waals surface area contributed by atoms with E-state index in [1.807, 2.05) is 5.51 Å². The van der Waals surface area contributed by atoms with Crippen LogP contribution >= 0.6 is 11.3 Å². The summed E-state index contributed by atoms with van der Waals surface area (Å²) in [6, 6.07) is 0.742. The van der Waals surface area contributed by atoms with Crippen LogP contribution in [0.5, 0.6) is 0 Å². The first-order valence-corrected chi connectivity index (χ1v) is 6.53. The van der Waals surface area contributed by atoms with E-state index in [2.05, 4.69) is 29.0 Å². The first-order chi connectivity index (χ1) is 7.31. The van der Waals surface area contributed by atoms with Crippen molar-refractivity contribution >= 4 is 11.3 Å². The third kappa shape index (κ3) is 2.56. The highest BCUT2D eigenvalue weighted by molar-refractivity contribution is 7.09. The van der Waals surface area contributed by atoms with Gasteiger partial charge in [0.05, 0.1) is 11.2 Å².